The Labute approximate surface area is 158 Å². The lowest BCUT2D eigenvalue weighted by molar-refractivity contribution is -0.298. The Hall–Kier alpha value is -3.33. The normalized spacial score (nSPS) is 11.4. The van der Waals surface area contributed by atoms with Gasteiger partial charge in [-0.15, -0.1) is 5.10 Å². The summed E-state index contributed by atoms with van der Waals surface area (Å²) in [5, 5.41) is 18.2. The molecule has 0 radical (unpaired) electrons. The van der Waals surface area contributed by atoms with E-state index in [2.05, 4.69) is 19.9 Å². The van der Waals surface area contributed by atoms with E-state index in [4.69, 9.17) is 4.42 Å². The van der Waals surface area contributed by atoms with E-state index in [1.807, 2.05) is 0 Å². The van der Waals surface area contributed by atoms with Crippen LogP contribution in [0, 0.1) is 6.92 Å². The van der Waals surface area contributed by atoms with Crippen molar-refractivity contribution in [2.45, 2.75) is 12.1 Å². The number of methoxy groups -OCH3 is 1. The topological polar surface area (TPSA) is 121 Å². The Morgan fingerprint density at radius 3 is 2.56 bits per heavy atom. The second kappa shape index (κ2) is 7.92. The molecule has 0 saturated carbocycles. The van der Waals surface area contributed by atoms with Crippen LogP contribution >= 0.6 is 11.8 Å². The molecule has 0 aliphatic carbocycles. The number of carbonyl (C=O) groups is 2. The molecule has 0 saturated heterocycles. The van der Waals surface area contributed by atoms with E-state index in [1.54, 1.807) is 43.3 Å². The third-order valence-corrected chi connectivity index (χ3v) is 4.34. The van der Waals surface area contributed by atoms with E-state index < -0.39 is 11.9 Å². The van der Waals surface area contributed by atoms with Crippen molar-refractivity contribution in [2.24, 2.45) is 0 Å². The van der Waals surface area contributed by atoms with Crippen LogP contribution in [0.5, 0.6) is 0 Å². The van der Waals surface area contributed by atoms with Gasteiger partial charge in [-0.05, 0) is 49.0 Å². The summed E-state index contributed by atoms with van der Waals surface area (Å²) in [7, 11) is 1.31. The number of aliphatic carboxylic acids is 1. The number of aryl methyl sites for hydroxylation is 1. The molecular formula is C18H14N3O5S-. The Bertz CT molecular complexity index is 1000. The Kier molecular flexibility index (Phi) is 5.41. The minimum Gasteiger partial charge on any atom is -0.544 e. The van der Waals surface area contributed by atoms with E-state index in [9.17, 15) is 14.7 Å². The van der Waals surface area contributed by atoms with Gasteiger partial charge < -0.3 is 19.1 Å². The molecule has 2 aromatic heterocycles. The van der Waals surface area contributed by atoms with Crippen LogP contribution < -0.4 is 5.11 Å². The molecular weight excluding hydrogens is 370 g/mol. The quantitative estimate of drug-likeness (QED) is 0.389. The second-order valence-electron chi connectivity index (χ2n) is 5.37. The highest BCUT2D eigenvalue weighted by Crippen LogP contribution is 2.28. The minimum atomic E-state index is -1.36. The van der Waals surface area contributed by atoms with Crippen LogP contribution in [0.2, 0.25) is 0 Å². The number of aromatic nitrogens is 3. The third-order valence-electron chi connectivity index (χ3n) is 3.47. The van der Waals surface area contributed by atoms with Gasteiger partial charge in [-0.25, -0.2) is 9.78 Å². The van der Waals surface area contributed by atoms with E-state index in [0.717, 1.165) is 17.3 Å². The average Bonchev–Trinajstić information content (AvgIpc) is 3.29. The number of hydrogen-bond acceptors (Lipinski definition) is 8. The number of hydrogen-bond donors (Lipinski definition) is 1. The molecule has 3 aromatic rings. The number of thioether (sulfide) groups is 1. The molecule has 0 fully saturated rings. The largest absolute Gasteiger partial charge is 0.544 e. The van der Waals surface area contributed by atoms with Gasteiger partial charge in [0.05, 0.1) is 18.6 Å². The maximum absolute atomic E-state index is 11.5. The fourth-order valence-corrected chi connectivity index (χ4v) is 2.93. The lowest BCUT2D eigenvalue weighted by Gasteiger charge is -2.04. The maximum Gasteiger partial charge on any atom is 0.337 e. The van der Waals surface area contributed by atoms with E-state index in [1.165, 1.54) is 13.2 Å². The number of furan rings is 1. The molecule has 1 N–H and O–H groups in total. The Morgan fingerprint density at radius 1 is 1.22 bits per heavy atom. The van der Waals surface area contributed by atoms with Crippen molar-refractivity contribution < 1.29 is 23.8 Å². The zero-order valence-electron chi connectivity index (χ0n) is 14.4. The number of esters is 1. The molecule has 0 spiro atoms. The first-order valence-electron chi connectivity index (χ1n) is 7.75. The smallest absolute Gasteiger partial charge is 0.337 e. The van der Waals surface area contributed by atoms with E-state index in [-0.39, 0.29) is 10.1 Å². The highest BCUT2D eigenvalue weighted by atomic mass is 32.2. The molecule has 138 valence electrons. The molecule has 0 amide bonds. The molecule has 0 atom stereocenters. The predicted molar refractivity (Wildman–Crippen MR) is 95.4 cm³/mol. The fraction of sp³-hybridized carbons (Fsp3) is 0.111. The summed E-state index contributed by atoms with van der Waals surface area (Å²) < 4.78 is 10.3. The van der Waals surface area contributed by atoms with Crippen LogP contribution in [0.4, 0.5) is 0 Å². The molecule has 2 heterocycles. The molecule has 9 heteroatoms. The van der Waals surface area contributed by atoms with Gasteiger partial charge in [0.25, 0.3) is 0 Å². The van der Waals surface area contributed by atoms with Crippen molar-refractivity contribution in [3.63, 3.8) is 0 Å². The first-order chi connectivity index (χ1) is 13.0. The molecule has 0 aliphatic heterocycles. The van der Waals surface area contributed by atoms with Crippen LogP contribution in [-0.2, 0) is 9.53 Å². The number of carboxylic acid groups (broad SMARTS) is 1. The number of carboxylic acids is 1. The minimum absolute atomic E-state index is 0.0871. The van der Waals surface area contributed by atoms with Crippen LogP contribution in [-0.4, -0.2) is 34.2 Å². The highest BCUT2D eigenvalue weighted by molar-refractivity contribution is 8.04. The summed E-state index contributed by atoms with van der Waals surface area (Å²) in [6.07, 6.45) is 1.35. The van der Waals surface area contributed by atoms with Crippen LogP contribution in [0.25, 0.3) is 17.4 Å². The van der Waals surface area contributed by atoms with Crippen molar-refractivity contribution in [2.75, 3.05) is 7.11 Å². The fourth-order valence-electron chi connectivity index (χ4n) is 2.20. The number of carbonyl (C=O) groups excluding carboxylic acids is 2. The molecule has 27 heavy (non-hydrogen) atoms. The molecule has 0 unspecified atom stereocenters. The third kappa shape index (κ3) is 4.45. The lowest BCUT2D eigenvalue weighted by atomic mass is 10.1. The van der Waals surface area contributed by atoms with Gasteiger partial charge in [-0.2, -0.15) is 0 Å². The van der Waals surface area contributed by atoms with Gasteiger partial charge in [0.1, 0.15) is 17.3 Å². The zero-order chi connectivity index (χ0) is 19.4. The van der Waals surface area contributed by atoms with Gasteiger partial charge in [-0.1, -0.05) is 12.1 Å². The summed E-state index contributed by atoms with van der Waals surface area (Å²) >= 11 is 0.859. The van der Waals surface area contributed by atoms with Crippen molar-refractivity contribution in [3.8, 4) is 11.3 Å². The SMILES string of the molecule is COC(=O)c1ccc(-c2ccc(/C=C(/Sc3n[nH]c(C)n3)C(=O)[O-])o2)cc1. The molecule has 0 aliphatic rings. The summed E-state index contributed by atoms with van der Waals surface area (Å²) in [5.41, 5.74) is 1.15. The number of nitrogens with zero attached hydrogens (tertiary/aromatic N) is 2. The second-order valence-corrected chi connectivity index (χ2v) is 6.38. The summed E-state index contributed by atoms with van der Waals surface area (Å²) in [4.78, 5) is 26.8. The molecule has 8 nitrogen and oxygen atoms in total. The molecule has 0 bridgehead atoms. The van der Waals surface area contributed by atoms with E-state index in [0.29, 0.717) is 22.9 Å². The van der Waals surface area contributed by atoms with Crippen LogP contribution in [0.1, 0.15) is 21.9 Å². The number of aromatic amines is 1. The standard InChI is InChI=1S/C18H15N3O5S/c1-10-19-18(21-20-10)27-15(16(22)23)9-13-7-8-14(26-13)11-3-5-12(6-4-11)17(24)25-2/h3-9H,1-2H3,(H,22,23)(H,19,20,21)/p-1/b15-9+. The van der Waals surface area contributed by atoms with E-state index >= 15 is 0 Å². The van der Waals surface area contributed by atoms with Crippen LogP contribution in [0.15, 0.2) is 50.9 Å². The van der Waals surface area contributed by atoms with Gasteiger partial charge in [0, 0.05) is 10.5 Å². The number of benzene rings is 1. The Morgan fingerprint density at radius 2 is 1.96 bits per heavy atom. The highest BCUT2D eigenvalue weighted by Gasteiger charge is 2.11. The van der Waals surface area contributed by atoms with Gasteiger partial charge in [0.15, 0.2) is 0 Å². The molecule has 1 aromatic carbocycles. The van der Waals surface area contributed by atoms with Crippen molar-refractivity contribution >= 4 is 29.8 Å². The predicted octanol–water partition coefficient (Wildman–Crippen LogP) is 2.04. The lowest BCUT2D eigenvalue weighted by Crippen LogP contribution is -2.23. The maximum atomic E-state index is 11.5. The Balaban J connectivity index is 1.81. The first kappa shape index (κ1) is 18.5. The summed E-state index contributed by atoms with van der Waals surface area (Å²) in [5.74, 6) is -0.355. The number of nitrogens with one attached hydrogen (secondary N) is 1. The van der Waals surface area contributed by atoms with Gasteiger partial charge >= 0.3 is 5.97 Å². The van der Waals surface area contributed by atoms with Crippen molar-refractivity contribution in [1.29, 1.82) is 0 Å². The summed E-state index contributed by atoms with van der Waals surface area (Å²) in [6.45, 7) is 1.71. The monoisotopic (exact) mass is 384 g/mol. The average molecular weight is 384 g/mol. The number of rotatable bonds is 6. The first-order valence-corrected chi connectivity index (χ1v) is 8.56. The zero-order valence-corrected chi connectivity index (χ0v) is 15.2. The van der Waals surface area contributed by atoms with Crippen molar-refractivity contribution in [3.05, 3.63) is 58.5 Å². The van der Waals surface area contributed by atoms with Gasteiger partial charge in [-0.3, -0.25) is 5.10 Å². The van der Waals surface area contributed by atoms with Crippen LogP contribution in [0.3, 0.4) is 0 Å². The van der Waals surface area contributed by atoms with Crippen molar-refractivity contribution in [1.82, 2.24) is 15.2 Å². The summed E-state index contributed by atoms with van der Waals surface area (Å²) in [6, 6.07) is 10.00. The number of ether oxygens (including phenoxy) is 1. The number of H-pyrrole nitrogens is 1. The van der Waals surface area contributed by atoms with Gasteiger partial charge in [0.2, 0.25) is 5.16 Å². The molecule has 3 rings (SSSR count).